The topological polar surface area (TPSA) is 77.8 Å². The van der Waals surface area contributed by atoms with Gasteiger partial charge in [0.25, 0.3) is 10.1 Å². The molecule has 2 N–H and O–H groups in total. The molecule has 0 heterocycles. The predicted octanol–water partition coefficient (Wildman–Crippen LogP) is -0.464. The number of rotatable bonds is 6. The summed E-state index contributed by atoms with van der Waals surface area (Å²) in [5, 5.41) is 8.67. The largest absolute Gasteiger partial charge is 0.381 e. The molecule has 0 spiro atoms. The second-order valence-corrected chi connectivity index (χ2v) is 4.06. The highest BCUT2D eigenvalue weighted by molar-refractivity contribution is 7.85. The van der Waals surface area contributed by atoms with Crippen LogP contribution in [-0.2, 0) is 10.1 Å². The first-order valence-electron chi connectivity index (χ1n) is 3.78. The third-order valence-electron chi connectivity index (χ3n) is 1.52. The maximum atomic E-state index is 10.3. The van der Waals surface area contributed by atoms with Crippen LogP contribution in [0, 0.1) is 0 Å². The van der Waals surface area contributed by atoms with Crippen LogP contribution < -0.4 is 0 Å². The van der Waals surface area contributed by atoms with E-state index in [2.05, 4.69) is 0 Å². The molecule has 12 heavy (non-hydrogen) atoms. The van der Waals surface area contributed by atoms with Gasteiger partial charge >= 0.3 is 0 Å². The highest BCUT2D eigenvalue weighted by atomic mass is 32.2. The molecule has 0 radical (unpaired) electrons. The Morgan fingerprint density at radius 1 is 1.42 bits per heavy atom. The van der Waals surface area contributed by atoms with Crippen molar-refractivity contribution < 1.29 is 18.1 Å². The lowest BCUT2D eigenvalue weighted by molar-refractivity contribution is 0.113. The number of aliphatic hydroxyl groups is 1. The fraction of sp³-hybridized carbons (Fsp3) is 1.00. The Balaban J connectivity index is 3.55. The van der Waals surface area contributed by atoms with Crippen molar-refractivity contribution in [2.75, 3.05) is 25.6 Å². The standard InChI is InChI=1S/C6H15NO4S/c1-2-7(6-8)4-3-5-12(9,10)11/h8H,2-6H2,1H3,(H,9,10,11). The highest BCUT2D eigenvalue weighted by Gasteiger charge is 2.05. The molecule has 0 rings (SSSR count). The fourth-order valence-corrected chi connectivity index (χ4v) is 1.29. The Morgan fingerprint density at radius 2 is 2.00 bits per heavy atom. The molecule has 0 saturated carbocycles. The van der Waals surface area contributed by atoms with E-state index in [4.69, 9.17) is 9.66 Å². The Labute approximate surface area is 72.7 Å². The van der Waals surface area contributed by atoms with Crippen molar-refractivity contribution in [3.05, 3.63) is 0 Å². The molecule has 0 aromatic heterocycles. The quantitative estimate of drug-likeness (QED) is 0.445. The van der Waals surface area contributed by atoms with E-state index in [1.54, 1.807) is 4.90 Å². The summed E-state index contributed by atoms with van der Waals surface area (Å²) in [6.45, 7) is 2.93. The van der Waals surface area contributed by atoms with Crippen LogP contribution in [0.4, 0.5) is 0 Å². The summed E-state index contributed by atoms with van der Waals surface area (Å²) in [5.41, 5.74) is 0. The molecule has 0 amide bonds. The van der Waals surface area contributed by atoms with Gasteiger partial charge in [-0.2, -0.15) is 8.42 Å². The second kappa shape index (κ2) is 5.47. The van der Waals surface area contributed by atoms with Crippen molar-refractivity contribution in [3.8, 4) is 0 Å². The lowest BCUT2D eigenvalue weighted by Crippen LogP contribution is -2.26. The van der Waals surface area contributed by atoms with E-state index in [9.17, 15) is 8.42 Å². The van der Waals surface area contributed by atoms with E-state index in [1.807, 2.05) is 6.92 Å². The summed E-state index contributed by atoms with van der Waals surface area (Å²) in [6, 6.07) is 0. The van der Waals surface area contributed by atoms with Crippen LogP contribution >= 0.6 is 0 Å². The van der Waals surface area contributed by atoms with Gasteiger partial charge in [-0.25, -0.2) is 0 Å². The molecule has 0 atom stereocenters. The van der Waals surface area contributed by atoms with Crippen molar-refractivity contribution in [2.24, 2.45) is 0 Å². The van der Waals surface area contributed by atoms with E-state index >= 15 is 0 Å². The van der Waals surface area contributed by atoms with Crippen LogP contribution in [0.1, 0.15) is 13.3 Å². The van der Waals surface area contributed by atoms with E-state index in [0.717, 1.165) is 0 Å². The molecule has 0 aliphatic rings. The molecule has 0 bridgehead atoms. The maximum Gasteiger partial charge on any atom is 0.264 e. The van der Waals surface area contributed by atoms with Crippen molar-refractivity contribution in [3.63, 3.8) is 0 Å². The molecule has 0 aliphatic carbocycles. The Hall–Kier alpha value is -0.170. The van der Waals surface area contributed by atoms with Crippen molar-refractivity contribution in [2.45, 2.75) is 13.3 Å². The molecular weight excluding hydrogens is 182 g/mol. The van der Waals surface area contributed by atoms with Gasteiger partial charge in [0.05, 0.1) is 12.5 Å². The number of hydrogen-bond acceptors (Lipinski definition) is 4. The number of nitrogens with zero attached hydrogens (tertiary/aromatic N) is 1. The van der Waals surface area contributed by atoms with Gasteiger partial charge < -0.3 is 5.11 Å². The zero-order valence-electron chi connectivity index (χ0n) is 7.10. The lowest BCUT2D eigenvalue weighted by Gasteiger charge is -2.15. The van der Waals surface area contributed by atoms with Crippen LogP contribution in [0.5, 0.6) is 0 Å². The van der Waals surface area contributed by atoms with Crippen molar-refractivity contribution in [1.82, 2.24) is 4.90 Å². The Bertz CT molecular complexity index is 198. The van der Waals surface area contributed by atoms with Gasteiger partial charge in [0.1, 0.15) is 0 Å². The van der Waals surface area contributed by atoms with E-state index in [0.29, 0.717) is 19.5 Å². The summed E-state index contributed by atoms with van der Waals surface area (Å²) < 4.78 is 28.9. The van der Waals surface area contributed by atoms with E-state index in [-0.39, 0.29) is 12.5 Å². The summed E-state index contributed by atoms with van der Waals surface area (Å²) in [7, 11) is -3.84. The van der Waals surface area contributed by atoms with Crippen LogP contribution in [0.3, 0.4) is 0 Å². The normalized spacial score (nSPS) is 12.3. The van der Waals surface area contributed by atoms with Crippen LogP contribution in [0.25, 0.3) is 0 Å². The highest BCUT2D eigenvalue weighted by Crippen LogP contribution is 1.92. The first kappa shape index (κ1) is 11.8. The van der Waals surface area contributed by atoms with E-state index in [1.165, 1.54) is 0 Å². The monoisotopic (exact) mass is 197 g/mol. The third-order valence-corrected chi connectivity index (χ3v) is 2.33. The third kappa shape index (κ3) is 6.53. The minimum absolute atomic E-state index is 0.0814. The first-order chi connectivity index (χ1) is 5.49. The van der Waals surface area contributed by atoms with Crippen LogP contribution in [-0.4, -0.2) is 48.6 Å². The zero-order valence-corrected chi connectivity index (χ0v) is 7.92. The molecule has 0 aromatic carbocycles. The maximum absolute atomic E-state index is 10.3. The zero-order chi connectivity index (χ0) is 9.61. The molecule has 0 aromatic rings. The summed E-state index contributed by atoms with van der Waals surface area (Å²) >= 11 is 0. The average molecular weight is 197 g/mol. The van der Waals surface area contributed by atoms with Crippen molar-refractivity contribution in [1.29, 1.82) is 0 Å². The van der Waals surface area contributed by atoms with Gasteiger partial charge in [0, 0.05) is 6.54 Å². The van der Waals surface area contributed by atoms with Crippen LogP contribution in [0.15, 0.2) is 0 Å². The molecule has 5 nitrogen and oxygen atoms in total. The average Bonchev–Trinajstić information content (AvgIpc) is 1.96. The predicted molar refractivity (Wildman–Crippen MR) is 45.4 cm³/mol. The smallest absolute Gasteiger partial charge is 0.264 e. The molecule has 0 saturated heterocycles. The Kier molecular flexibility index (Phi) is 5.39. The lowest BCUT2D eigenvalue weighted by atomic mass is 10.4. The number of aliphatic hydroxyl groups excluding tert-OH is 1. The summed E-state index contributed by atoms with van der Waals surface area (Å²) in [5.74, 6) is -0.247. The molecule has 0 fully saturated rings. The van der Waals surface area contributed by atoms with Gasteiger partial charge in [-0.05, 0) is 13.0 Å². The van der Waals surface area contributed by atoms with Gasteiger partial charge in [0.15, 0.2) is 0 Å². The van der Waals surface area contributed by atoms with Crippen molar-refractivity contribution >= 4 is 10.1 Å². The van der Waals surface area contributed by atoms with Crippen LogP contribution in [0.2, 0.25) is 0 Å². The molecule has 0 aliphatic heterocycles. The molecule has 74 valence electrons. The van der Waals surface area contributed by atoms with E-state index < -0.39 is 10.1 Å². The molecule has 0 unspecified atom stereocenters. The fourth-order valence-electron chi connectivity index (χ4n) is 0.799. The van der Waals surface area contributed by atoms with Gasteiger partial charge in [-0.1, -0.05) is 6.92 Å². The molecule has 6 heteroatoms. The Morgan fingerprint density at radius 3 is 2.33 bits per heavy atom. The van der Waals surface area contributed by atoms with Gasteiger partial charge in [-0.3, -0.25) is 9.45 Å². The number of hydrogen-bond donors (Lipinski definition) is 2. The first-order valence-corrected chi connectivity index (χ1v) is 5.39. The second-order valence-electron chi connectivity index (χ2n) is 2.49. The SMILES string of the molecule is CCN(CO)CCCS(=O)(=O)O. The van der Waals surface area contributed by atoms with Gasteiger partial charge in [-0.15, -0.1) is 0 Å². The summed E-state index contributed by atoms with van der Waals surface area (Å²) in [6.07, 6.45) is 0.341. The summed E-state index contributed by atoms with van der Waals surface area (Å²) in [4.78, 5) is 1.67. The minimum atomic E-state index is -3.84. The van der Waals surface area contributed by atoms with Gasteiger partial charge in [0.2, 0.25) is 0 Å². The molecular formula is C6H15NO4S. The minimum Gasteiger partial charge on any atom is -0.381 e.